The Hall–Kier alpha value is -4.11. The predicted molar refractivity (Wildman–Crippen MR) is 143 cm³/mol. The van der Waals surface area contributed by atoms with Crippen LogP contribution in [0.5, 0.6) is 11.5 Å². The van der Waals surface area contributed by atoms with Crippen LogP contribution in [0.15, 0.2) is 83.1 Å². The minimum Gasteiger partial charge on any atom is -0.872 e. The summed E-state index contributed by atoms with van der Waals surface area (Å²) < 4.78 is 7.29. The Balaban J connectivity index is 1.55. The standard InChI is InChI=1S/C28H29N5O3S/c1-28(2,3)21-10-8-20(9-11-21)26-31-32-27(33(26)22-12-14-24(36-4)15-13-22)37-18-25(35)30-29-17-19-6-5-7-23(34)16-19/h5-17H,18H2,1-4H3,(H2,30,34,35). The third-order valence-electron chi connectivity index (χ3n) is 5.62. The predicted octanol–water partition coefficient (Wildman–Crippen LogP) is 3.98. The van der Waals surface area contributed by atoms with Gasteiger partial charge < -0.3 is 9.84 Å². The van der Waals surface area contributed by atoms with E-state index in [2.05, 4.69) is 65.8 Å². The van der Waals surface area contributed by atoms with Crippen LogP contribution in [-0.4, -0.2) is 35.2 Å². The summed E-state index contributed by atoms with van der Waals surface area (Å²) >= 11 is 1.28. The lowest BCUT2D eigenvalue weighted by molar-refractivity contribution is -0.625. The number of benzene rings is 3. The van der Waals surface area contributed by atoms with Crippen LogP contribution in [-0.2, 0) is 10.2 Å². The molecule has 9 heteroatoms. The Morgan fingerprint density at radius 3 is 2.51 bits per heavy atom. The Labute approximate surface area is 220 Å². The van der Waals surface area contributed by atoms with Crippen LogP contribution in [0.25, 0.3) is 17.1 Å². The van der Waals surface area contributed by atoms with Gasteiger partial charge in [0, 0.05) is 0 Å². The van der Waals surface area contributed by atoms with Gasteiger partial charge in [-0.25, -0.2) is 5.43 Å². The summed E-state index contributed by atoms with van der Waals surface area (Å²) in [6, 6.07) is 22.3. The highest BCUT2D eigenvalue weighted by molar-refractivity contribution is 7.99. The van der Waals surface area contributed by atoms with E-state index in [1.165, 1.54) is 35.7 Å². The average molecular weight is 516 g/mol. The largest absolute Gasteiger partial charge is 0.872 e. The van der Waals surface area contributed by atoms with Crippen molar-refractivity contribution in [2.24, 2.45) is 5.10 Å². The fourth-order valence-corrected chi connectivity index (χ4v) is 4.38. The van der Waals surface area contributed by atoms with Gasteiger partial charge >= 0.3 is 5.16 Å². The first-order chi connectivity index (χ1) is 17.7. The number of hydrazone groups is 1. The lowest BCUT2D eigenvalue weighted by Crippen LogP contribution is -2.34. The number of ether oxygens (including phenoxy) is 1. The Kier molecular flexibility index (Phi) is 7.93. The summed E-state index contributed by atoms with van der Waals surface area (Å²) in [4.78, 5) is 12.4. The zero-order chi connectivity index (χ0) is 26.4. The highest BCUT2D eigenvalue weighted by atomic mass is 32.2. The van der Waals surface area contributed by atoms with Gasteiger partial charge in [-0.3, -0.25) is 4.79 Å². The topological polar surface area (TPSA) is 106 Å². The van der Waals surface area contributed by atoms with Gasteiger partial charge in [-0.05, 0) is 64.7 Å². The van der Waals surface area contributed by atoms with Gasteiger partial charge in [-0.1, -0.05) is 57.2 Å². The molecule has 0 atom stereocenters. The summed E-state index contributed by atoms with van der Waals surface area (Å²) in [5, 5.41) is 23.6. The number of carbonyl (C=O) groups excluding carboxylic acids is 1. The molecule has 1 aromatic heterocycles. The number of hydrogen-bond acceptors (Lipinski definition) is 6. The van der Waals surface area contributed by atoms with E-state index in [4.69, 9.17) is 4.74 Å². The molecular weight excluding hydrogens is 486 g/mol. The molecule has 0 radical (unpaired) electrons. The molecule has 3 aromatic carbocycles. The molecule has 0 fully saturated rings. The molecule has 4 rings (SSSR count). The van der Waals surface area contributed by atoms with Crippen LogP contribution in [0.3, 0.4) is 0 Å². The van der Waals surface area contributed by atoms with Crippen LogP contribution in [0, 0.1) is 0 Å². The van der Waals surface area contributed by atoms with Crippen molar-refractivity contribution in [1.82, 2.24) is 15.6 Å². The van der Waals surface area contributed by atoms with Crippen LogP contribution >= 0.6 is 11.8 Å². The van der Waals surface area contributed by atoms with Gasteiger partial charge in [0.2, 0.25) is 0 Å². The summed E-state index contributed by atoms with van der Waals surface area (Å²) in [5.74, 6) is 1.24. The summed E-state index contributed by atoms with van der Waals surface area (Å²) in [6.07, 6.45) is 1.44. The molecule has 1 amide bonds. The van der Waals surface area contributed by atoms with Gasteiger partial charge in [0.05, 0.1) is 29.7 Å². The molecule has 1 heterocycles. The molecule has 2 N–H and O–H groups in total. The molecule has 0 saturated carbocycles. The van der Waals surface area contributed by atoms with Gasteiger partial charge in [0.1, 0.15) is 11.4 Å². The maximum absolute atomic E-state index is 12.4. The molecule has 0 aliphatic carbocycles. The fraction of sp³-hybridized carbons (Fsp3) is 0.214. The third-order valence-corrected chi connectivity index (χ3v) is 6.56. The maximum Gasteiger partial charge on any atom is 0.342 e. The number of rotatable bonds is 8. The molecule has 0 unspecified atom stereocenters. The normalized spacial score (nSPS) is 11.6. The SMILES string of the molecule is COc1ccc(-[n+]2c(SCC(=O)NN=Cc3cccc([O-])c3)n[nH]c2-c2ccc(C(C)(C)C)cc2)cc1. The van der Waals surface area contributed by atoms with Crippen LogP contribution < -0.4 is 19.8 Å². The molecule has 0 bridgehead atoms. The second-order valence-corrected chi connectivity index (χ2v) is 10.3. The van der Waals surface area contributed by atoms with Crippen LogP contribution in [0.2, 0.25) is 0 Å². The van der Waals surface area contributed by atoms with Crippen molar-refractivity contribution in [3.05, 3.63) is 83.9 Å². The lowest BCUT2D eigenvalue weighted by atomic mass is 9.87. The second kappa shape index (κ2) is 11.3. The number of aromatic amines is 1. The smallest absolute Gasteiger partial charge is 0.342 e. The van der Waals surface area contributed by atoms with E-state index in [0.29, 0.717) is 10.7 Å². The zero-order valence-corrected chi connectivity index (χ0v) is 22.0. The van der Waals surface area contributed by atoms with E-state index >= 15 is 0 Å². The van der Waals surface area contributed by atoms with E-state index < -0.39 is 0 Å². The molecule has 0 spiro atoms. The molecular formula is C28H29N5O3S. The molecule has 0 aliphatic rings. The minimum atomic E-state index is -0.292. The first-order valence-corrected chi connectivity index (χ1v) is 12.7. The number of nitrogens with zero attached hydrogens (tertiary/aromatic N) is 3. The minimum absolute atomic E-state index is 0.0487. The number of nitrogens with one attached hydrogen (secondary N) is 2. The molecule has 4 aromatic rings. The Morgan fingerprint density at radius 2 is 1.86 bits per heavy atom. The van der Waals surface area contributed by atoms with Crippen molar-refractivity contribution in [2.75, 3.05) is 12.9 Å². The number of hydrogen-bond donors (Lipinski definition) is 2. The summed E-state index contributed by atoms with van der Waals surface area (Å²) in [6.45, 7) is 6.54. The van der Waals surface area contributed by atoms with Crippen molar-refractivity contribution in [3.8, 4) is 28.6 Å². The molecule has 0 aliphatic heterocycles. The van der Waals surface area contributed by atoms with E-state index in [9.17, 15) is 9.90 Å². The fourth-order valence-electron chi connectivity index (χ4n) is 3.62. The zero-order valence-electron chi connectivity index (χ0n) is 21.2. The first-order valence-electron chi connectivity index (χ1n) is 11.7. The quantitative estimate of drug-likeness (QED) is 0.160. The highest BCUT2D eigenvalue weighted by Gasteiger charge is 2.25. The molecule has 0 saturated heterocycles. The van der Waals surface area contributed by atoms with Crippen LogP contribution in [0.4, 0.5) is 0 Å². The van der Waals surface area contributed by atoms with E-state index in [1.54, 1.807) is 19.2 Å². The van der Waals surface area contributed by atoms with Crippen molar-refractivity contribution < 1.29 is 19.2 Å². The number of amides is 1. The van der Waals surface area contributed by atoms with Crippen molar-refractivity contribution in [2.45, 2.75) is 31.3 Å². The number of thioether (sulfide) groups is 1. The Bertz CT molecular complexity index is 1390. The maximum atomic E-state index is 12.4. The molecule has 190 valence electrons. The highest BCUT2D eigenvalue weighted by Crippen LogP contribution is 2.26. The van der Waals surface area contributed by atoms with E-state index in [1.807, 2.05) is 28.8 Å². The second-order valence-electron chi connectivity index (χ2n) is 9.37. The van der Waals surface area contributed by atoms with Gasteiger partial charge in [-0.15, -0.1) is 10.8 Å². The number of methoxy groups -OCH3 is 1. The average Bonchev–Trinajstić information content (AvgIpc) is 3.31. The summed E-state index contributed by atoms with van der Waals surface area (Å²) in [5.41, 5.74) is 6.25. The lowest BCUT2D eigenvalue weighted by Gasteiger charge is -2.18. The van der Waals surface area contributed by atoms with Gasteiger partial charge in [-0.2, -0.15) is 9.67 Å². The van der Waals surface area contributed by atoms with Crippen molar-refractivity contribution >= 4 is 23.9 Å². The first kappa shape index (κ1) is 26.0. The van der Waals surface area contributed by atoms with E-state index in [0.717, 1.165) is 22.8 Å². The number of H-pyrrole nitrogens is 1. The molecule has 8 nitrogen and oxygen atoms in total. The van der Waals surface area contributed by atoms with Crippen molar-refractivity contribution in [1.29, 1.82) is 0 Å². The third kappa shape index (κ3) is 6.56. The molecule has 37 heavy (non-hydrogen) atoms. The monoisotopic (exact) mass is 515 g/mol. The van der Waals surface area contributed by atoms with Crippen molar-refractivity contribution in [3.63, 3.8) is 0 Å². The number of carbonyl (C=O) groups is 1. The Morgan fingerprint density at radius 1 is 1.14 bits per heavy atom. The van der Waals surface area contributed by atoms with Gasteiger partial charge in [0.25, 0.3) is 11.7 Å². The van der Waals surface area contributed by atoms with Crippen LogP contribution in [0.1, 0.15) is 31.9 Å². The van der Waals surface area contributed by atoms with E-state index in [-0.39, 0.29) is 22.8 Å². The number of aromatic nitrogens is 3. The summed E-state index contributed by atoms with van der Waals surface area (Å²) in [7, 11) is 1.63. The van der Waals surface area contributed by atoms with Gasteiger partial charge in [0.15, 0.2) is 0 Å².